The molecule has 0 amide bonds. The van der Waals surface area contributed by atoms with Gasteiger partial charge in [0.25, 0.3) is 0 Å². The molecule has 19 aromatic rings. The van der Waals surface area contributed by atoms with E-state index in [1.807, 2.05) is 6.07 Å². The summed E-state index contributed by atoms with van der Waals surface area (Å²) in [5, 5.41) is 17.1. The van der Waals surface area contributed by atoms with Gasteiger partial charge in [0.05, 0.1) is 25.1 Å². The van der Waals surface area contributed by atoms with Gasteiger partial charge < -0.3 is 0 Å². The molecular weight excluding hydrogens is 1380 g/mol. The van der Waals surface area contributed by atoms with Crippen LogP contribution in [0.15, 0.2) is 358 Å². The lowest BCUT2D eigenvalue weighted by atomic mass is 9.82. The molecule has 0 unspecified atom stereocenters. The zero-order valence-corrected chi connectivity index (χ0v) is 60.2. The number of hydrogen-bond acceptors (Lipinski definition) is 0. The van der Waals surface area contributed by atoms with Gasteiger partial charge in [0, 0.05) is 5.56 Å². The molecule has 0 saturated heterocycles. The first-order valence-corrected chi connectivity index (χ1v) is 37.1. The Balaban J connectivity index is 0.737. The van der Waals surface area contributed by atoms with Crippen LogP contribution in [0.25, 0.3) is 198 Å². The third kappa shape index (κ3) is 11.2. The zero-order chi connectivity index (χ0) is 70.4. The molecule has 0 aliphatic heterocycles. The number of halogens is 5. The standard InChI is InChI=1S/C100H59Cl5/c101-96-95(97(102)99(104)100(105)98(96)103)76-51-54-85-88(59-76)92(66-24-8-3-9-25-66)86-57-73(49-52-84(86)93(85)74-48-41-62-23-10-11-26-70(62)56-74)72-28-18-27-71(55-72)65-39-46-67(47-40-65)89-78-30-13-16-33-81(78)94(82-34-17-14-31-79(82)89)75-50-53-83-87(58-75)91(69-44-37-64(38-45-69)61-21-6-2-7-22-61)80-32-15-12-29-77(80)90(83)68-42-35-63(36-43-68)60-19-4-1-5-20-60/h1-59H. The molecule has 0 aromatic heterocycles. The normalized spacial score (nSPS) is 11.7. The van der Waals surface area contributed by atoms with Gasteiger partial charge in [-0.05, 0) is 223 Å². The molecule has 0 bridgehead atoms. The predicted octanol–water partition coefficient (Wildman–Crippen LogP) is 31.4. The maximum absolute atomic E-state index is 7.07. The van der Waals surface area contributed by atoms with Crippen LogP contribution in [0.1, 0.15) is 0 Å². The fourth-order valence-electron chi connectivity index (χ4n) is 16.3. The Labute approximate surface area is 633 Å². The lowest BCUT2D eigenvalue weighted by Gasteiger charge is -2.21. The van der Waals surface area contributed by atoms with Crippen LogP contribution in [-0.4, -0.2) is 0 Å². The molecular formula is C100H59Cl5. The highest BCUT2D eigenvalue weighted by Gasteiger charge is 2.26. The van der Waals surface area contributed by atoms with E-state index in [0.29, 0.717) is 5.56 Å². The first kappa shape index (κ1) is 64.3. The molecule has 0 aliphatic rings. The highest BCUT2D eigenvalue weighted by Crippen LogP contribution is 2.53. The molecule has 0 N–H and O–H groups in total. The van der Waals surface area contributed by atoms with Gasteiger partial charge in [0.15, 0.2) is 0 Å². The second kappa shape index (κ2) is 26.6. The minimum atomic E-state index is 0.117. The van der Waals surface area contributed by atoms with E-state index in [9.17, 15) is 0 Å². The summed E-state index contributed by atoms with van der Waals surface area (Å²) in [7, 11) is 0. The Morgan fingerprint density at radius 3 is 0.781 bits per heavy atom. The van der Waals surface area contributed by atoms with Crippen LogP contribution in [0, 0.1) is 0 Å². The topological polar surface area (TPSA) is 0 Å². The SMILES string of the molecule is Clc1c(Cl)c(Cl)c(-c2ccc3c(-c4ccc5ccccc5c4)c4ccc(-c5cccc(-c6ccc(-c7c8ccccc8c(-c8ccc9c(-c%10ccc(-c%11ccccc%11)cc%10)c%10ccccc%10c(-c%10ccc(-c%11ccccc%11)cc%10)c9c8)c8ccccc78)cc6)c5)cc4c(-c4ccccc4)c3c2)c(Cl)c1Cl. The Morgan fingerprint density at radius 2 is 0.343 bits per heavy atom. The summed E-state index contributed by atoms with van der Waals surface area (Å²) in [6.07, 6.45) is 0. The van der Waals surface area contributed by atoms with E-state index in [-0.39, 0.29) is 25.1 Å². The molecule has 0 nitrogen and oxygen atoms in total. The molecule has 19 aromatic carbocycles. The van der Waals surface area contributed by atoms with Crippen molar-refractivity contribution in [2.45, 2.75) is 0 Å². The predicted molar refractivity (Wildman–Crippen MR) is 454 cm³/mol. The summed E-state index contributed by atoms with van der Waals surface area (Å²) in [6.45, 7) is 0. The quantitative estimate of drug-likeness (QED) is 0.0688. The maximum atomic E-state index is 7.07. The van der Waals surface area contributed by atoms with Gasteiger partial charge in [-0.2, -0.15) is 0 Å². The van der Waals surface area contributed by atoms with Crippen molar-refractivity contribution < 1.29 is 0 Å². The maximum Gasteiger partial charge on any atom is 0.0809 e. The smallest absolute Gasteiger partial charge is 0.0809 e. The Morgan fingerprint density at radius 1 is 0.114 bits per heavy atom. The molecule has 0 atom stereocenters. The van der Waals surface area contributed by atoms with Crippen LogP contribution >= 0.6 is 58.0 Å². The van der Waals surface area contributed by atoms with E-state index < -0.39 is 0 Å². The summed E-state index contributed by atoms with van der Waals surface area (Å²) < 4.78 is 0. The first-order valence-electron chi connectivity index (χ1n) is 35.2. The first-order chi connectivity index (χ1) is 51.7. The number of fused-ring (bicyclic) bond motifs is 7. The van der Waals surface area contributed by atoms with Crippen molar-refractivity contribution in [1.29, 1.82) is 0 Å². The average Bonchev–Trinajstić information content (AvgIpc) is 0.727. The van der Waals surface area contributed by atoms with Crippen molar-refractivity contribution in [3.8, 4) is 122 Å². The van der Waals surface area contributed by atoms with E-state index in [1.54, 1.807) is 0 Å². The van der Waals surface area contributed by atoms with Crippen molar-refractivity contribution >= 4 is 133 Å². The zero-order valence-electron chi connectivity index (χ0n) is 56.5. The second-order valence-electron chi connectivity index (χ2n) is 27.1. The molecule has 0 radical (unpaired) electrons. The largest absolute Gasteiger partial charge is 0.0819 e. The van der Waals surface area contributed by atoms with E-state index in [4.69, 9.17) is 58.0 Å². The molecule has 5 heteroatoms. The van der Waals surface area contributed by atoms with Gasteiger partial charge >= 0.3 is 0 Å². The van der Waals surface area contributed by atoms with Crippen LogP contribution in [0.4, 0.5) is 0 Å². The number of hydrogen-bond donors (Lipinski definition) is 0. The summed E-state index contributed by atoms with van der Waals surface area (Å²) >= 11 is 34.3. The van der Waals surface area contributed by atoms with Gasteiger partial charge in [0.2, 0.25) is 0 Å². The Hall–Kier alpha value is -11.6. The molecule has 494 valence electrons. The highest BCUT2D eigenvalue weighted by molar-refractivity contribution is 6.56. The van der Waals surface area contributed by atoms with Gasteiger partial charge in [-0.15, -0.1) is 0 Å². The Kier molecular flexibility index (Phi) is 16.3. The molecule has 0 spiro atoms. The lowest BCUT2D eigenvalue weighted by Crippen LogP contribution is -1.94. The Bertz CT molecular complexity index is 6620. The monoisotopic (exact) mass is 1430 g/mol. The molecule has 105 heavy (non-hydrogen) atoms. The van der Waals surface area contributed by atoms with Crippen molar-refractivity contribution in [2.24, 2.45) is 0 Å². The average molecular weight is 1440 g/mol. The minimum Gasteiger partial charge on any atom is -0.0819 e. The van der Waals surface area contributed by atoms with Gasteiger partial charge in [-0.3, -0.25) is 0 Å². The minimum absolute atomic E-state index is 0.117. The van der Waals surface area contributed by atoms with Crippen molar-refractivity contribution in [1.82, 2.24) is 0 Å². The van der Waals surface area contributed by atoms with Crippen molar-refractivity contribution in [3.63, 3.8) is 0 Å². The van der Waals surface area contributed by atoms with E-state index in [0.717, 1.165) is 88.1 Å². The molecule has 19 rings (SSSR count). The number of rotatable bonds is 11. The van der Waals surface area contributed by atoms with Crippen LogP contribution in [0.2, 0.25) is 25.1 Å². The van der Waals surface area contributed by atoms with E-state index in [1.165, 1.54) is 104 Å². The van der Waals surface area contributed by atoms with Gasteiger partial charge in [-0.25, -0.2) is 0 Å². The van der Waals surface area contributed by atoms with Gasteiger partial charge in [0.1, 0.15) is 0 Å². The summed E-state index contributed by atoms with van der Waals surface area (Å²) in [6, 6.07) is 131. The highest BCUT2D eigenvalue weighted by atomic mass is 35.5. The molecule has 0 heterocycles. The second-order valence-corrected chi connectivity index (χ2v) is 29.0. The van der Waals surface area contributed by atoms with Crippen LogP contribution in [-0.2, 0) is 0 Å². The van der Waals surface area contributed by atoms with Crippen LogP contribution in [0.5, 0.6) is 0 Å². The fraction of sp³-hybridized carbons (Fsp3) is 0. The molecule has 0 saturated carbocycles. The summed E-state index contributed by atoms with van der Waals surface area (Å²) in [5.74, 6) is 0. The third-order valence-corrected chi connectivity index (χ3v) is 23.5. The number of benzene rings is 19. The van der Waals surface area contributed by atoms with Crippen LogP contribution in [0.3, 0.4) is 0 Å². The summed E-state index contributed by atoms with van der Waals surface area (Å²) in [4.78, 5) is 0. The third-order valence-electron chi connectivity index (χ3n) is 21.2. The van der Waals surface area contributed by atoms with Crippen LogP contribution < -0.4 is 0 Å². The van der Waals surface area contributed by atoms with E-state index in [2.05, 4.69) is 352 Å². The summed E-state index contributed by atoms with van der Waals surface area (Å²) in [5.41, 5.74) is 24.4. The molecule has 0 fully saturated rings. The van der Waals surface area contributed by atoms with Gasteiger partial charge in [-0.1, -0.05) is 386 Å². The lowest BCUT2D eigenvalue weighted by molar-refractivity contribution is 1.59. The van der Waals surface area contributed by atoms with E-state index >= 15 is 0 Å². The van der Waals surface area contributed by atoms with Crippen molar-refractivity contribution in [3.05, 3.63) is 383 Å². The van der Waals surface area contributed by atoms with Crippen molar-refractivity contribution in [2.75, 3.05) is 0 Å². The molecule has 0 aliphatic carbocycles. The fourth-order valence-corrected chi connectivity index (χ4v) is 17.7.